The SMILES string of the molecule is CC(C)C[Si]12O[Si]3(CC[C@@H]4CC[C@@H]5O[C@H]5C4)O[Si]4(CC(C)C)O[Si](CC(C)C)(O1)O[Si]1(CC(C)C)O[Si](CC(C)C)(O2)O[Si](CC(C)C)(O3)O[Si](CC(C)C)(O4)O1. The average molecular weight is 942 g/mol. The second-order valence-corrected chi connectivity index (χ2v) is 45.4. The first-order valence-electron chi connectivity index (χ1n) is 22.5. The molecule has 0 unspecified atom stereocenters. The maximum absolute atomic E-state index is 7.93. The van der Waals surface area contributed by atoms with Crippen molar-refractivity contribution in [3.05, 3.63) is 0 Å². The summed E-state index contributed by atoms with van der Waals surface area (Å²) < 4.78 is 100. The van der Waals surface area contributed by atoms with Crippen molar-refractivity contribution in [2.45, 2.75) is 183 Å². The van der Waals surface area contributed by atoms with Crippen molar-refractivity contribution in [2.24, 2.45) is 47.3 Å². The third-order valence-electron chi connectivity index (χ3n) is 11.3. The molecule has 0 aromatic heterocycles. The van der Waals surface area contributed by atoms with Gasteiger partial charge < -0.3 is 54.1 Å². The first kappa shape index (κ1) is 46.2. The van der Waals surface area contributed by atoms with Gasteiger partial charge in [0.1, 0.15) is 0 Å². The third-order valence-corrected chi connectivity index (χ3v) is 51.3. The van der Waals surface area contributed by atoms with Gasteiger partial charge in [0.2, 0.25) is 0 Å². The zero-order valence-electron chi connectivity index (χ0n) is 37.6. The van der Waals surface area contributed by atoms with E-state index in [0.29, 0.717) is 66.5 Å². The number of epoxide rings is 1. The molecule has 1 aliphatic carbocycles. The van der Waals surface area contributed by atoms with E-state index in [9.17, 15) is 0 Å². The highest BCUT2D eigenvalue weighted by atomic mass is 28.6. The van der Waals surface area contributed by atoms with Gasteiger partial charge in [0.25, 0.3) is 0 Å². The Bertz CT molecular complexity index is 1270. The fourth-order valence-corrected chi connectivity index (χ4v) is 61.7. The number of ether oxygens (including phenoxy) is 1. The van der Waals surface area contributed by atoms with Crippen LogP contribution in [-0.2, 0) is 54.1 Å². The van der Waals surface area contributed by atoms with Crippen LogP contribution in [0.2, 0.25) is 48.4 Å². The maximum Gasteiger partial charge on any atom is 0.479 e. The molecule has 330 valence electrons. The quantitative estimate of drug-likeness (QED) is 0.102. The van der Waals surface area contributed by atoms with E-state index in [2.05, 4.69) is 96.9 Å². The van der Waals surface area contributed by atoms with Crippen molar-refractivity contribution in [1.82, 2.24) is 0 Å². The predicted octanol–water partition coefficient (Wildman–Crippen LogP) is 9.31. The summed E-state index contributed by atoms with van der Waals surface area (Å²) in [4.78, 5) is 0. The van der Waals surface area contributed by atoms with Crippen LogP contribution in [0.25, 0.3) is 0 Å². The molecule has 21 heteroatoms. The summed E-state index contributed by atoms with van der Waals surface area (Å²) in [6.45, 7) is 30.7. The van der Waals surface area contributed by atoms with Crippen LogP contribution in [0.4, 0.5) is 0 Å². The Balaban J connectivity index is 1.53. The maximum atomic E-state index is 7.93. The predicted molar refractivity (Wildman–Crippen MR) is 232 cm³/mol. The van der Waals surface area contributed by atoms with Crippen LogP contribution in [0, 0.1) is 47.3 Å². The highest BCUT2D eigenvalue weighted by molar-refractivity contribution is 7.03. The van der Waals surface area contributed by atoms with Crippen molar-refractivity contribution in [3.63, 3.8) is 0 Å². The minimum Gasteiger partial charge on any atom is -0.373 e. The molecular formula is C36H76O13Si8. The first-order valence-corrected chi connectivity index (χ1v) is 38.0. The fraction of sp³-hybridized carbons (Fsp3) is 1.00. The minimum atomic E-state index is -3.92. The van der Waals surface area contributed by atoms with E-state index in [-0.39, 0.29) is 41.4 Å². The zero-order valence-corrected chi connectivity index (χ0v) is 45.6. The molecule has 7 aliphatic heterocycles. The van der Waals surface area contributed by atoms with Gasteiger partial charge in [-0.3, -0.25) is 0 Å². The summed E-state index contributed by atoms with van der Waals surface area (Å²) in [5.74, 6) is 1.45. The van der Waals surface area contributed by atoms with Crippen molar-refractivity contribution in [3.8, 4) is 0 Å². The van der Waals surface area contributed by atoms with Crippen LogP contribution in [0.5, 0.6) is 0 Å². The van der Waals surface area contributed by atoms with Crippen LogP contribution in [0.15, 0.2) is 0 Å². The van der Waals surface area contributed by atoms with Crippen molar-refractivity contribution in [1.29, 1.82) is 0 Å². The monoisotopic (exact) mass is 940 g/mol. The lowest BCUT2D eigenvalue weighted by Gasteiger charge is -2.64. The Morgan fingerprint density at radius 2 is 0.579 bits per heavy atom. The second kappa shape index (κ2) is 16.6. The van der Waals surface area contributed by atoms with Crippen LogP contribution in [0.1, 0.15) is 123 Å². The summed E-state index contributed by atoms with van der Waals surface area (Å²) in [6, 6.07) is 4.14. The Labute approximate surface area is 353 Å². The largest absolute Gasteiger partial charge is 0.479 e. The van der Waals surface area contributed by atoms with E-state index in [0.717, 1.165) is 25.7 Å². The average Bonchev–Trinajstić information content (AvgIpc) is 3.72. The smallest absolute Gasteiger partial charge is 0.373 e. The van der Waals surface area contributed by atoms with E-state index in [4.69, 9.17) is 54.1 Å². The van der Waals surface area contributed by atoms with Gasteiger partial charge in [0.05, 0.1) is 12.2 Å². The molecule has 7 saturated heterocycles. The van der Waals surface area contributed by atoms with E-state index >= 15 is 0 Å². The molecule has 0 N–H and O–H groups in total. The lowest BCUT2D eigenvalue weighted by Crippen LogP contribution is -2.88. The number of rotatable bonds is 17. The molecule has 0 spiro atoms. The Hall–Kier alpha value is 1.22. The van der Waals surface area contributed by atoms with Crippen molar-refractivity contribution in [2.75, 3.05) is 0 Å². The van der Waals surface area contributed by atoms with Gasteiger partial charge in [-0.2, -0.15) is 0 Å². The van der Waals surface area contributed by atoms with Gasteiger partial charge in [0, 0.05) is 48.4 Å². The third kappa shape index (κ3) is 10.4. The van der Waals surface area contributed by atoms with Crippen LogP contribution in [0.3, 0.4) is 0 Å². The van der Waals surface area contributed by atoms with Crippen molar-refractivity contribution < 1.29 is 54.1 Å². The molecule has 7 heterocycles. The van der Waals surface area contributed by atoms with E-state index in [1.165, 1.54) is 0 Å². The lowest BCUT2D eigenvalue weighted by molar-refractivity contribution is -0.0343. The van der Waals surface area contributed by atoms with Gasteiger partial charge in [-0.05, 0) is 73.0 Å². The highest BCUT2D eigenvalue weighted by Gasteiger charge is 2.83. The molecule has 8 fully saturated rings. The molecule has 13 nitrogen and oxygen atoms in total. The summed E-state index contributed by atoms with van der Waals surface area (Å²) in [5, 5.41) is 0. The van der Waals surface area contributed by atoms with Gasteiger partial charge in [0.15, 0.2) is 0 Å². The highest BCUT2D eigenvalue weighted by Crippen LogP contribution is 2.56. The van der Waals surface area contributed by atoms with Gasteiger partial charge in [-0.25, -0.2) is 0 Å². The van der Waals surface area contributed by atoms with Gasteiger partial charge >= 0.3 is 70.4 Å². The standard InChI is InChI=1S/C36H76O13Si8/c1-27(2)20-51-38-50(18-17-34-15-16-35-36(19-34)37-35)39-52(21-28(3)4)43-54(41-51,23-30(7)8)47-57(26-33(13)14)48-55(42-51,24-31(9)10)44-53(40-50,22-29(5)6)46-56(45-52,49-57)25-32(11)12/h27-36H,15-26H2,1-14H3/t34-,35-,36-,50?,51?,52?,53?,54?,55?,56?,57?/m0/s1. The molecule has 57 heavy (non-hydrogen) atoms. The van der Waals surface area contributed by atoms with E-state index in [1.807, 2.05) is 0 Å². The molecule has 0 aromatic rings. The van der Waals surface area contributed by atoms with Crippen molar-refractivity contribution >= 4 is 70.4 Å². The molecule has 8 rings (SSSR count). The van der Waals surface area contributed by atoms with Crippen LogP contribution >= 0.6 is 0 Å². The number of hydrogen-bond acceptors (Lipinski definition) is 13. The topological polar surface area (TPSA) is 123 Å². The zero-order chi connectivity index (χ0) is 41.5. The molecule has 0 aromatic carbocycles. The molecule has 3 atom stereocenters. The van der Waals surface area contributed by atoms with Gasteiger partial charge in [-0.15, -0.1) is 0 Å². The molecule has 0 amide bonds. The fourth-order valence-electron chi connectivity index (χ4n) is 10.0. The van der Waals surface area contributed by atoms with Gasteiger partial charge in [-0.1, -0.05) is 96.9 Å². The lowest BCUT2D eigenvalue weighted by atomic mass is 9.88. The van der Waals surface area contributed by atoms with E-state index < -0.39 is 70.4 Å². The number of hydrogen-bond donors (Lipinski definition) is 0. The molecule has 8 bridgehead atoms. The van der Waals surface area contributed by atoms with Crippen LogP contribution in [-0.4, -0.2) is 82.6 Å². The normalized spacial score (nSPS) is 45.3. The first-order chi connectivity index (χ1) is 26.4. The minimum absolute atomic E-state index is 0.143. The molecule has 0 radical (unpaired) electrons. The summed E-state index contributed by atoms with van der Waals surface area (Å²) in [5.41, 5.74) is 0. The molecule has 1 saturated carbocycles. The molecular weight excluding hydrogens is 865 g/mol. The Morgan fingerprint density at radius 3 is 0.807 bits per heavy atom. The Morgan fingerprint density at radius 1 is 0.333 bits per heavy atom. The van der Waals surface area contributed by atoms with E-state index in [1.54, 1.807) is 0 Å². The summed E-state index contributed by atoms with van der Waals surface area (Å²) >= 11 is 0. The summed E-state index contributed by atoms with van der Waals surface area (Å²) in [7, 11) is -31.2. The molecule has 8 aliphatic rings. The number of fused-ring (bicyclic) bond motifs is 1. The second-order valence-electron chi connectivity index (χ2n) is 21.3. The summed E-state index contributed by atoms with van der Waals surface area (Å²) in [6.07, 6.45) is 4.86. The van der Waals surface area contributed by atoms with Crippen LogP contribution < -0.4 is 0 Å². The Kier molecular flexibility index (Phi) is 13.5.